The van der Waals surface area contributed by atoms with Gasteiger partial charge in [0.15, 0.2) is 11.5 Å². The van der Waals surface area contributed by atoms with Crippen LogP contribution in [-0.2, 0) is 15.3 Å². The zero-order valence-electron chi connectivity index (χ0n) is 23.1. The van der Waals surface area contributed by atoms with Gasteiger partial charge in [0, 0.05) is 16.5 Å². The molecule has 1 aliphatic rings. The van der Waals surface area contributed by atoms with E-state index in [2.05, 4.69) is 35.1 Å². The molecular weight excluding hydrogens is 616 g/mol. The number of carbonyl (C=O) groups excluding carboxylic acids is 1. The van der Waals surface area contributed by atoms with Crippen LogP contribution in [-0.4, -0.2) is 41.1 Å². The van der Waals surface area contributed by atoms with Crippen molar-refractivity contribution in [2.24, 2.45) is 0 Å². The molecule has 1 aromatic heterocycles. The molecule has 1 N–H and O–H groups in total. The van der Waals surface area contributed by atoms with Crippen LogP contribution in [0, 0.1) is 0 Å². The molecular formula is C29H34BrClN4O4S. The van der Waals surface area contributed by atoms with Crippen LogP contribution in [0.3, 0.4) is 0 Å². The minimum Gasteiger partial charge on any atom is -0.493 e. The van der Waals surface area contributed by atoms with Crippen molar-refractivity contribution < 1.29 is 19.0 Å². The number of anilines is 1. The molecule has 3 aromatic rings. The summed E-state index contributed by atoms with van der Waals surface area (Å²) in [5.41, 5.74) is 2.90. The Kier molecular flexibility index (Phi) is 10.8. The second-order valence-electron chi connectivity index (χ2n) is 9.33. The number of carbonyl (C=O) groups is 1. The number of esters is 1. The number of rotatable bonds is 13. The van der Waals surface area contributed by atoms with Crippen molar-refractivity contribution in [1.29, 1.82) is 0 Å². The Bertz CT molecular complexity index is 1380. The van der Waals surface area contributed by atoms with Gasteiger partial charge in [0.2, 0.25) is 11.1 Å². The third-order valence-electron chi connectivity index (χ3n) is 6.41. The monoisotopic (exact) mass is 648 g/mol. The molecule has 4 rings (SSSR count). The van der Waals surface area contributed by atoms with E-state index in [-0.39, 0.29) is 0 Å². The summed E-state index contributed by atoms with van der Waals surface area (Å²) in [6.45, 7) is 6.94. The number of unbranched alkanes of at least 4 members (excludes halogenated alkanes) is 2. The minimum atomic E-state index is -0.595. The lowest BCUT2D eigenvalue weighted by Crippen LogP contribution is -2.30. The van der Waals surface area contributed by atoms with Gasteiger partial charge >= 0.3 is 5.97 Å². The van der Waals surface area contributed by atoms with Crippen molar-refractivity contribution in [2.75, 3.05) is 25.6 Å². The first kappa shape index (κ1) is 30.3. The Morgan fingerprint density at radius 1 is 1.18 bits per heavy atom. The first-order chi connectivity index (χ1) is 19.4. The number of aromatic nitrogens is 3. The van der Waals surface area contributed by atoms with Gasteiger partial charge in [-0.05, 0) is 65.0 Å². The molecule has 11 heteroatoms. The number of fused-ring (bicyclic) bond motifs is 1. The standard InChI is InChI=1S/C29H34BrClN4O4S/c1-5-7-13-38-26-21(30)15-20(16-23(26)37-4)25-24(27(36)39-14-8-6-2)18(3)32-28-33-29(34-35(25)28)40-17-19-11-9-10-12-22(19)31/h9-12,15-16,25H,5-8,13-14,17H2,1-4H3,(H,32,33,34). The zero-order valence-corrected chi connectivity index (χ0v) is 26.3. The van der Waals surface area contributed by atoms with Crippen molar-refractivity contribution in [3.8, 4) is 11.5 Å². The first-order valence-electron chi connectivity index (χ1n) is 13.4. The van der Waals surface area contributed by atoms with Gasteiger partial charge in [0.25, 0.3) is 0 Å². The summed E-state index contributed by atoms with van der Waals surface area (Å²) >= 11 is 11.5. The lowest BCUT2D eigenvalue weighted by Gasteiger charge is -2.29. The van der Waals surface area contributed by atoms with Gasteiger partial charge in [0.1, 0.15) is 6.04 Å². The van der Waals surface area contributed by atoms with Crippen molar-refractivity contribution >= 4 is 51.2 Å². The highest BCUT2D eigenvalue weighted by atomic mass is 79.9. The predicted molar refractivity (Wildman–Crippen MR) is 162 cm³/mol. The number of halogens is 2. The Morgan fingerprint density at radius 2 is 1.93 bits per heavy atom. The molecule has 0 aliphatic carbocycles. The third-order valence-corrected chi connectivity index (χ3v) is 8.25. The Morgan fingerprint density at radius 3 is 2.65 bits per heavy atom. The molecule has 0 fully saturated rings. The van der Waals surface area contributed by atoms with E-state index >= 15 is 0 Å². The summed E-state index contributed by atoms with van der Waals surface area (Å²) in [6.07, 6.45) is 3.66. The summed E-state index contributed by atoms with van der Waals surface area (Å²) in [6, 6.07) is 10.9. The maximum atomic E-state index is 13.4. The van der Waals surface area contributed by atoms with E-state index in [1.165, 1.54) is 11.8 Å². The van der Waals surface area contributed by atoms with Crippen molar-refractivity contribution in [1.82, 2.24) is 14.8 Å². The zero-order chi connectivity index (χ0) is 28.6. The van der Waals surface area contributed by atoms with Crippen LogP contribution in [0.2, 0.25) is 5.02 Å². The van der Waals surface area contributed by atoms with Gasteiger partial charge in [-0.1, -0.05) is 68.3 Å². The van der Waals surface area contributed by atoms with E-state index < -0.39 is 12.0 Å². The van der Waals surface area contributed by atoms with Crippen molar-refractivity contribution in [2.45, 2.75) is 63.4 Å². The molecule has 0 amide bonds. The SMILES string of the molecule is CCCCOC(=O)C1=C(C)Nc2nc(SCc3ccccc3Cl)nn2C1c1cc(Br)c(OCCCC)c(OC)c1. The summed E-state index contributed by atoms with van der Waals surface area (Å²) in [5.74, 6) is 1.93. The molecule has 8 nitrogen and oxygen atoms in total. The second kappa shape index (κ2) is 14.3. The number of thioether (sulfide) groups is 1. The number of nitrogens with zero attached hydrogens (tertiary/aromatic N) is 3. The largest absolute Gasteiger partial charge is 0.493 e. The smallest absolute Gasteiger partial charge is 0.338 e. The highest BCUT2D eigenvalue weighted by molar-refractivity contribution is 9.10. The van der Waals surface area contributed by atoms with Gasteiger partial charge in [0.05, 0.1) is 30.4 Å². The number of hydrogen-bond acceptors (Lipinski definition) is 8. The topological polar surface area (TPSA) is 87.5 Å². The number of benzene rings is 2. The van der Waals surface area contributed by atoms with E-state index in [1.54, 1.807) is 11.8 Å². The van der Waals surface area contributed by atoms with Crippen LogP contribution in [0.4, 0.5) is 5.95 Å². The van der Waals surface area contributed by atoms with Gasteiger partial charge in [-0.3, -0.25) is 0 Å². The average Bonchev–Trinajstić information content (AvgIpc) is 3.34. The Hall–Kier alpha value is -2.69. The predicted octanol–water partition coefficient (Wildman–Crippen LogP) is 7.81. The number of ether oxygens (including phenoxy) is 3. The van der Waals surface area contributed by atoms with Crippen LogP contribution in [0.1, 0.15) is 63.6 Å². The number of allylic oxidation sites excluding steroid dienone is 1. The van der Waals surface area contributed by atoms with Crippen LogP contribution in [0.25, 0.3) is 0 Å². The normalized spacial score (nSPS) is 14.5. The van der Waals surface area contributed by atoms with Crippen LogP contribution >= 0.6 is 39.3 Å². The minimum absolute atomic E-state index is 0.346. The maximum Gasteiger partial charge on any atom is 0.338 e. The Balaban J connectivity index is 1.73. The van der Waals surface area contributed by atoms with Crippen molar-refractivity contribution in [3.63, 3.8) is 0 Å². The summed E-state index contributed by atoms with van der Waals surface area (Å²) in [5, 5.41) is 9.34. The second-order valence-corrected chi connectivity index (χ2v) is 11.5. The Labute approximate surface area is 252 Å². The summed E-state index contributed by atoms with van der Waals surface area (Å²) in [7, 11) is 1.60. The number of methoxy groups -OCH3 is 1. The van der Waals surface area contributed by atoms with Gasteiger partial charge in [-0.2, -0.15) is 4.98 Å². The molecule has 0 saturated carbocycles. The molecule has 214 valence electrons. The lowest BCUT2D eigenvalue weighted by atomic mass is 9.95. The van der Waals surface area contributed by atoms with Crippen LogP contribution < -0.4 is 14.8 Å². The number of hydrogen-bond donors (Lipinski definition) is 1. The van der Waals surface area contributed by atoms with Crippen molar-refractivity contribution in [3.05, 3.63) is 68.3 Å². The fourth-order valence-electron chi connectivity index (χ4n) is 4.27. The lowest BCUT2D eigenvalue weighted by molar-refractivity contribution is -0.139. The fraction of sp³-hybridized carbons (Fsp3) is 0.414. The highest BCUT2D eigenvalue weighted by Gasteiger charge is 2.36. The third kappa shape index (κ3) is 6.95. The van der Waals surface area contributed by atoms with Gasteiger partial charge in [-0.15, -0.1) is 5.10 Å². The average molecular weight is 650 g/mol. The van der Waals surface area contributed by atoms with Crippen LogP contribution in [0.15, 0.2) is 57.3 Å². The highest BCUT2D eigenvalue weighted by Crippen LogP contribution is 2.43. The quantitative estimate of drug-likeness (QED) is 0.114. The molecule has 0 spiro atoms. The fourth-order valence-corrected chi connectivity index (χ4v) is 5.96. The molecule has 1 aliphatic heterocycles. The van der Waals surface area contributed by atoms with Gasteiger partial charge in [-0.25, -0.2) is 9.48 Å². The van der Waals surface area contributed by atoms with Gasteiger partial charge < -0.3 is 19.5 Å². The summed E-state index contributed by atoms with van der Waals surface area (Å²) < 4.78 is 19.9. The summed E-state index contributed by atoms with van der Waals surface area (Å²) in [4.78, 5) is 18.2. The van der Waals surface area contributed by atoms with E-state index in [4.69, 9.17) is 35.9 Å². The molecule has 0 saturated heterocycles. The van der Waals surface area contributed by atoms with Crippen LogP contribution in [0.5, 0.6) is 11.5 Å². The molecule has 2 heterocycles. The first-order valence-corrected chi connectivity index (χ1v) is 15.5. The van der Waals surface area contributed by atoms with E-state index in [9.17, 15) is 4.79 Å². The number of nitrogens with one attached hydrogen (secondary N) is 1. The molecule has 0 radical (unpaired) electrons. The molecule has 1 atom stereocenters. The molecule has 0 bridgehead atoms. The van der Waals surface area contributed by atoms with E-state index in [1.807, 2.05) is 43.3 Å². The molecule has 2 aromatic carbocycles. The molecule has 40 heavy (non-hydrogen) atoms. The maximum absolute atomic E-state index is 13.4. The van der Waals surface area contributed by atoms with E-state index in [0.29, 0.717) is 57.9 Å². The van der Waals surface area contributed by atoms with E-state index in [0.717, 1.165) is 41.3 Å². The molecule has 1 unspecified atom stereocenters.